The normalized spacial score (nSPS) is 26.2. The molecule has 0 aromatic heterocycles. The van der Waals surface area contributed by atoms with Gasteiger partial charge in [-0.05, 0) is 70.1 Å². The van der Waals surface area contributed by atoms with Gasteiger partial charge in [0.2, 0.25) is 0 Å². The van der Waals surface area contributed by atoms with Crippen LogP contribution >= 0.6 is 0 Å². The molecule has 1 fully saturated rings. The van der Waals surface area contributed by atoms with Crippen LogP contribution < -0.4 is 0 Å². The highest BCUT2D eigenvalue weighted by Crippen LogP contribution is 2.39. The zero-order valence-corrected chi connectivity index (χ0v) is 16.1. The van der Waals surface area contributed by atoms with E-state index in [9.17, 15) is 15.0 Å². The molecule has 1 aliphatic rings. The molecule has 0 bridgehead atoms. The minimum absolute atomic E-state index is 0.214. The number of hydrogen-bond donors (Lipinski definition) is 3. The van der Waals surface area contributed by atoms with Gasteiger partial charge in [0.05, 0.1) is 11.7 Å². The van der Waals surface area contributed by atoms with E-state index in [0.29, 0.717) is 12.3 Å². The van der Waals surface area contributed by atoms with Crippen LogP contribution in [0.5, 0.6) is 0 Å². The molecule has 0 aliphatic heterocycles. The zero-order chi connectivity index (χ0) is 18.7. The van der Waals surface area contributed by atoms with Crippen LogP contribution in [0, 0.1) is 11.8 Å². The molecule has 0 saturated heterocycles. The third-order valence-electron chi connectivity index (χ3n) is 5.64. The minimum atomic E-state index is -0.745. The molecule has 1 aliphatic carbocycles. The second-order valence-electron chi connectivity index (χ2n) is 8.05. The van der Waals surface area contributed by atoms with Crippen molar-refractivity contribution in [2.45, 2.75) is 103 Å². The Morgan fingerprint density at radius 3 is 2.60 bits per heavy atom. The van der Waals surface area contributed by atoms with E-state index in [4.69, 9.17) is 5.11 Å². The Hall–Kier alpha value is -0.870. The fourth-order valence-electron chi connectivity index (χ4n) is 3.95. The predicted octanol–water partition coefficient (Wildman–Crippen LogP) is 4.69. The molecule has 3 unspecified atom stereocenters. The number of aliphatic hydroxyl groups excluding tert-OH is 1. The van der Waals surface area contributed by atoms with Crippen molar-refractivity contribution in [2.75, 3.05) is 0 Å². The molecular formula is C21H38O4. The van der Waals surface area contributed by atoms with Crippen LogP contribution in [-0.4, -0.2) is 33.0 Å². The highest BCUT2D eigenvalue weighted by molar-refractivity contribution is 5.66. The molecule has 3 N–H and O–H groups in total. The predicted molar refractivity (Wildman–Crippen MR) is 101 cm³/mol. The van der Waals surface area contributed by atoms with Crippen LogP contribution in [0.2, 0.25) is 0 Å². The van der Waals surface area contributed by atoms with Crippen LogP contribution in [0.4, 0.5) is 0 Å². The van der Waals surface area contributed by atoms with Crippen molar-refractivity contribution in [1.29, 1.82) is 0 Å². The zero-order valence-electron chi connectivity index (χ0n) is 16.1. The number of aliphatic carboxylic acids is 1. The quantitative estimate of drug-likeness (QED) is 0.331. The molecule has 4 atom stereocenters. The SMILES string of the molecule is CCCCCC(C)(O)CCC1CC[C@@H](O)C1C/C=C\CCCC(=O)O. The Bertz CT molecular complexity index is 403. The minimum Gasteiger partial charge on any atom is -0.481 e. The lowest BCUT2D eigenvalue weighted by molar-refractivity contribution is -0.137. The van der Waals surface area contributed by atoms with Gasteiger partial charge in [0.15, 0.2) is 0 Å². The Morgan fingerprint density at radius 2 is 1.92 bits per heavy atom. The summed E-state index contributed by atoms with van der Waals surface area (Å²) in [6.45, 7) is 4.12. The lowest BCUT2D eigenvalue weighted by Crippen LogP contribution is -2.26. The van der Waals surface area contributed by atoms with Gasteiger partial charge in [-0.2, -0.15) is 0 Å². The van der Waals surface area contributed by atoms with Crippen molar-refractivity contribution in [3.8, 4) is 0 Å². The number of unbranched alkanes of at least 4 members (excludes halogenated alkanes) is 3. The van der Waals surface area contributed by atoms with Gasteiger partial charge in [-0.1, -0.05) is 38.3 Å². The topological polar surface area (TPSA) is 77.8 Å². The van der Waals surface area contributed by atoms with Crippen molar-refractivity contribution in [3.63, 3.8) is 0 Å². The number of aliphatic hydroxyl groups is 2. The highest BCUT2D eigenvalue weighted by atomic mass is 16.4. The lowest BCUT2D eigenvalue weighted by Gasteiger charge is -2.27. The molecule has 25 heavy (non-hydrogen) atoms. The van der Waals surface area contributed by atoms with E-state index in [-0.39, 0.29) is 18.4 Å². The van der Waals surface area contributed by atoms with Crippen molar-refractivity contribution >= 4 is 5.97 Å². The molecule has 0 amide bonds. The monoisotopic (exact) mass is 354 g/mol. The summed E-state index contributed by atoms with van der Waals surface area (Å²) in [5, 5.41) is 29.4. The molecule has 0 aromatic carbocycles. The number of allylic oxidation sites excluding steroid dienone is 2. The first-order chi connectivity index (χ1) is 11.9. The summed E-state index contributed by atoms with van der Waals surface area (Å²) >= 11 is 0. The van der Waals surface area contributed by atoms with Gasteiger partial charge in [-0.15, -0.1) is 0 Å². The number of rotatable bonds is 13. The first-order valence-corrected chi connectivity index (χ1v) is 10.1. The fourth-order valence-corrected chi connectivity index (χ4v) is 3.95. The van der Waals surface area contributed by atoms with Crippen molar-refractivity contribution in [2.24, 2.45) is 11.8 Å². The van der Waals surface area contributed by atoms with E-state index in [2.05, 4.69) is 13.0 Å². The maximum Gasteiger partial charge on any atom is 0.303 e. The van der Waals surface area contributed by atoms with Gasteiger partial charge in [0, 0.05) is 6.42 Å². The Kier molecular flexibility index (Phi) is 10.4. The lowest BCUT2D eigenvalue weighted by atomic mass is 9.83. The fraction of sp³-hybridized carbons (Fsp3) is 0.857. The first-order valence-electron chi connectivity index (χ1n) is 10.1. The second-order valence-corrected chi connectivity index (χ2v) is 8.05. The second kappa shape index (κ2) is 11.7. The van der Waals surface area contributed by atoms with Gasteiger partial charge in [-0.3, -0.25) is 4.79 Å². The maximum atomic E-state index is 10.5. The van der Waals surface area contributed by atoms with Crippen LogP contribution in [-0.2, 0) is 4.79 Å². The van der Waals surface area contributed by atoms with E-state index in [1.165, 1.54) is 12.8 Å². The molecule has 0 radical (unpaired) electrons. The van der Waals surface area contributed by atoms with Gasteiger partial charge in [0.25, 0.3) is 0 Å². The molecular weight excluding hydrogens is 316 g/mol. The van der Waals surface area contributed by atoms with E-state index < -0.39 is 11.6 Å². The van der Waals surface area contributed by atoms with Crippen molar-refractivity contribution < 1.29 is 20.1 Å². The molecule has 4 heteroatoms. The van der Waals surface area contributed by atoms with Gasteiger partial charge >= 0.3 is 5.97 Å². The van der Waals surface area contributed by atoms with Crippen molar-refractivity contribution in [1.82, 2.24) is 0 Å². The Morgan fingerprint density at radius 1 is 1.16 bits per heavy atom. The van der Waals surface area contributed by atoms with Gasteiger partial charge < -0.3 is 15.3 Å². The van der Waals surface area contributed by atoms with Crippen LogP contribution in [0.15, 0.2) is 12.2 Å². The molecule has 0 spiro atoms. The molecule has 1 saturated carbocycles. The van der Waals surface area contributed by atoms with E-state index in [1.807, 2.05) is 13.0 Å². The summed E-state index contributed by atoms with van der Waals surface area (Å²) in [7, 11) is 0. The van der Waals surface area contributed by atoms with Gasteiger partial charge in [-0.25, -0.2) is 0 Å². The summed E-state index contributed by atoms with van der Waals surface area (Å²) in [6, 6.07) is 0. The smallest absolute Gasteiger partial charge is 0.303 e. The summed E-state index contributed by atoms with van der Waals surface area (Å²) < 4.78 is 0. The number of carboxylic acid groups (broad SMARTS) is 1. The largest absolute Gasteiger partial charge is 0.481 e. The summed E-state index contributed by atoms with van der Waals surface area (Å²) in [5.74, 6) is 0.0177. The van der Waals surface area contributed by atoms with Crippen LogP contribution in [0.25, 0.3) is 0 Å². The van der Waals surface area contributed by atoms with E-state index in [1.54, 1.807) is 0 Å². The molecule has 0 heterocycles. The number of carboxylic acids is 1. The van der Waals surface area contributed by atoms with E-state index in [0.717, 1.165) is 51.4 Å². The van der Waals surface area contributed by atoms with Crippen LogP contribution in [0.3, 0.4) is 0 Å². The first kappa shape index (κ1) is 22.2. The third kappa shape index (κ3) is 9.41. The number of hydrogen-bond acceptors (Lipinski definition) is 3. The number of carbonyl (C=O) groups is 1. The van der Waals surface area contributed by atoms with Crippen LogP contribution in [0.1, 0.15) is 90.9 Å². The molecule has 4 nitrogen and oxygen atoms in total. The summed E-state index contributed by atoms with van der Waals surface area (Å²) in [6.07, 6.45) is 14.4. The Balaban J connectivity index is 2.35. The summed E-state index contributed by atoms with van der Waals surface area (Å²) in [5.41, 5.74) is -0.583. The van der Waals surface area contributed by atoms with Crippen molar-refractivity contribution in [3.05, 3.63) is 12.2 Å². The molecule has 146 valence electrons. The van der Waals surface area contributed by atoms with Gasteiger partial charge in [0.1, 0.15) is 0 Å². The Labute approximate surface area is 153 Å². The third-order valence-corrected chi connectivity index (χ3v) is 5.64. The van der Waals surface area contributed by atoms with E-state index >= 15 is 0 Å². The summed E-state index contributed by atoms with van der Waals surface area (Å²) in [4.78, 5) is 10.5. The average Bonchev–Trinajstić information content (AvgIpc) is 2.89. The standard InChI is InChI=1S/C21H38O4/c1-3-4-9-15-21(2,25)16-14-17-12-13-19(22)18(17)10-7-5-6-8-11-20(23)24/h5,7,17-19,22,25H,3-4,6,8-16H2,1-2H3,(H,23,24)/b7-5-/t17?,18?,19-,21?/m1/s1. The molecule has 0 aromatic rings. The maximum absolute atomic E-state index is 10.5. The average molecular weight is 355 g/mol. The molecule has 1 rings (SSSR count). The highest BCUT2D eigenvalue weighted by Gasteiger charge is 2.35.